The van der Waals surface area contributed by atoms with E-state index in [0.717, 1.165) is 29.7 Å². The van der Waals surface area contributed by atoms with Gasteiger partial charge in [-0.15, -0.1) is 0 Å². The van der Waals surface area contributed by atoms with E-state index in [2.05, 4.69) is 19.6 Å². The molecule has 0 spiro atoms. The monoisotopic (exact) mass is 366 g/mol. The summed E-state index contributed by atoms with van der Waals surface area (Å²) in [5.41, 5.74) is 0.862. The highest BCUT2D eigenvalue weighted by Crippen LogP contribution is 2.31. The molecule has 1 fully saturated rings. The summed E-state index contributed by atoms with van der Waals surface area (Å²) in [6.45, 7) is 1.87. The van der Waals surface area contributed by atoms with Crippen LogP contribution in [0.1, 0.15) is 26.2 Å². The second-order valence-corrected chi connectivity index (χ2v) is 8.69. The summed E-state index contributed by atoms with van der Waals surface area (Å²) in [5.74, 6) is 1.07. The molecule has 1 aliphatic rings. The predicted molar refractivity (Wildman–Crippen MR) is 100 cm³/mol. The third-order valence-corrected chi connectivity index (χ3v) is 6.32. The average molecular weight is 366 g/mol. The molecule has 1 saturated carbocycles. The average Bonchev–Trinajstić information content (AvgIpc) is 2.94. The summed E-state index contributed by atoms with van der Waals surface area (Å²) in [6, 6.07) is 2.31. The normalized spacial score (nSPS) is 20.5. The fourth-order valence-electron chi connectivity index (χ4n) is 3.28. The minimum absolute atomic E-state index is 0.0210. The van der Waals surface area contributed by atoms with Gasteiger partial charge in [-0.1, -0.05) is 6.92 Å². The maximum absolute atomic E-state index is 11.9. The lowest BCUT2D eigenvalue weighted by Crippen LogP contribution is -2.53. The first kappa shape index (κ1) is 17.9. The van der Waals surface area contributed by atoms with Crippen molar-refractivity contribution in [2.45, 2.75) is 38.3 Å². The maximum atomic E-state index is 11.9. The summed E-state index contributed by atoms with van der Waals surface area (Å²) in [4.78, 5) is 11.0. The molecule has 138 valence electrons. The molecule has 9 heteroatoms. The summed E-state index contributed by atoms with van der Waals surface area (Å²) >= 11 is 0. The van der Waals surface area contributed by atoms with E-state index >= 15 is 0 Å². The van der Waals surface area contributed by atoms with Crippen molar-refractivity contribution in [3.8, 4) is 0 Å². The van der Waals surface area contributed by atoms with Gasteiger partial charge in [0.15, 0.2) is 5.65 Å². The van der Waals surface area contributed by atoms with Crippen LogP contribution in [0.25, 0.3) is 11.0 Å². The Labute approximate surface area is 148 Å². The molecule has 0 bridgehead atoms. The number of anilines is 1. The number of nitrogens with zero attached hydrogens (tertiary/aromatic N) is 5. The Hall–Kier alpha value is -1.87. The van der Waals surface area contributed by atoms with Crippen molar-refractivity contribution in [3.05, 3.63) is 18.6 Å². The summed E-state index contributed by atoms with van der Waals surface area (Å²) in [6.07, 6.45) is 5.76. The second-order valence-electron chi connectivity index (χ2n) is 6.81. The molecule has 0 amide bonds. The van der Waals surface area contributed by atoms with E-state index < -0.39 is 10.0 Å². The van der Waals surface area contributed by atoms with Crippen LogP contribution in [0.15, 0.2) is 18.6 Å². The summed E-state index contributed by atoms with van der Waals surface area (Å²) in [5, 5.41) is 2.95. The number of sulfonamides is 1. The van der Waals surface area contributed by atoms with Crippen molar-refractivity contribution < 1.29 is 8.42 Å². The Morgan fingerprint density at radius 1 is 1.28 bits per heavy atom. The van der Waals surface area contributed by atoms with Gasteiger partial charge in [0.2, 0.25) is 10.0 Å². The third kappa shape index (κ3) is 3.57. The van der Waals surface area contributed by atoms with Crippen LogP contribution >= 0.6 is 0 Å². The van der Waals surface area contributed by atoms with Crippen LogP contribution in [-0.4, -0.2) is 62.0 Å². The van der Waals surface area contributed by atoms with Gasteiger partial charge in [0.25, 0.3) is 0 Å². The standard InChI is InChI=1S/C16H26N6O2S/c1-5-8-25(23,24)19-12-9-13(10-12)21(4)15-14-6-7-22(20(2)3)16(14)18-11-17-15/h6-7,11-13,19H,5,8-10H2,1-4H3. The Kier molecular flexibility index (Phi) is 4.88. The van der Waals surface area contributed by atoms with Crippen LogP contribution < -0.4 is 14.6 Å². The molecule has 25 heavy (non-hydrogen) atoms. The molecule has 2 aromatic heterocycles. The lowest BCUT2D eigenvalue weighted by atomic mass is 9.86. The highest BCUT2D eigenvalue weighted by molar-refractivity contribution is 7.89. The Morgan fingerprint density at radius 3 is 2.64 bits per heavy atom. The van der Waals surface area contributed by atoms with Gasteiger partial charge in [-0.2, -0.15) is 0 Å². The zero-order chi connectivity index (χ0) is 18.2. The van der Waals surface area contributed by atoms with Crippen molar-refractivity contribution in [3.63, 3.8) is 0 Å². The molecular formula is C16H26N6O2S. The summed E-state index contributed by atoms with van der Waals surface area (Å²) in [7, 11) is 2.79. The minimum Gasteiger partial charge on any atom is -0.356 e. The van der Waals surface area contributed by atoms with Gasteiger partial charge >= 0.3 is 0 Å². The predicted octanol–water partition coefficient (Wildman–Crippen LogP) is 0.925. The topological polar surface area (TPSA) is 83.4 Å². The Morgan fingerprint density at radius 2 is 2.00 bits per heavy atom. The molecule has 0 atom stereocenters. The molecule has 1 N–H and O–H groups in total. The highest BCUT2D eigenvalue weighted by atomic mass is 32.2. The van der Waals surface area contributed by atoms with Gasteiger partial charge in [0, 0.05) is 39.4 Å². The van der Waals surface area contributed by atoms with E-state index in [9.17, 15) is 8.42 Å². The molecule has 3 rings (SSSR count). The molecule has 0 aromatic carbocycles. The number of nitrogens with one attached hydrogen (secondary N) is 1. The molecule has 8 nitrogen and oxygen atoms in total. The van der Waals surface area contributed by atoms with E-state index in [4.69, 9.17) is 0 Å². The smallest absolute Gasteiger partial charge is 0.211 e. The van der Waals surface area contributed by atoms with Crippen LogP contribution in [0.4, 0.5) is 5.82 Å². The van der Waals surface area contributed by atoms with Crippen LogP contribution in [0, 0.1) is 0 Å². The molecule has 2 heterocycles. The largest absolute Gasteiger partial charge is 0.356 e. The van der Waals surface area contributed by atoms with E-state index in [1.54, 1.807) is 6.33 Å². The van der Waals surface area contributed by atoms with Crippen molar-refractivity contribution in [1.82, 2.24) is 19.4 Å². The molecule has 1 aliphatic carbocycles. The molecule has 0 unspecified atom stereocenters. The first-order chi connectivity index (χ1) is 11.8. The molecule has 0 radical (unpaired) electrons. The van der Waals surface area contributed by atoms with Crippen molar-refractivity contribution in [2.24, 2.45) is 0 Å². The quantitative estimate of drug-likeness (QED) is 0.785. The van der Waals surface area contributed by atoms with Gasteiger partial charge in [-0.25, -0.2) is 27.8 Å². The number of hydrogen-bond acceptors (Lipinski definition) is 6. The van der Waals surface area contributed by atoms with E-state index in [1.807, 2.05) is 50.0 Å². The van der Waals surface area contributed by atoms with Crippen molar-refractivity contribution >= 4 is 26.9 Å². The first-order valence-corrected chi connectivity index (χ1v) is 10.2. The molecule has 2 aromatic rings. The summed E-state index contributed by atoms with van der Waals surface area (Å²) < 4.78 is 28.5. The molecule has 0 saturated heterocycles. The van der Waals surface area contributed by atoms with Gasteiger partial charge in [0.05, 0.1) is 11.1 Å². The second kappa shape index (κ2) is 6.80. The fraction of sp³-hybridized carbons (Fsp3) is 0.625. The zero-order valence-corrected chi connectivity index (χ0v) is 16.0. The number of hydrogen-bond donors (Lipinski definition) is 1. The first-order valence-electron chi connectivity index (χ1n) is 8.55. The van der Waals surface area contributed by atoms with Crippen LogP contribution in [0.2, 0.25) is 0 Å². The third-order valence-electron chi connectivity index (χ3n) is 4.69. The van der Waals surface area contributed by atoms with Crippen LogP contribution in [0.5, 0.6) is 0 Å². The number of rotatable bonds is 7. The van der Waals surface area contributed by atoms with Gasteiger partial charge in [-0.05, 0) is 25.3 Å². The van der Waals surface area contributed by atoms with Crippen LogP contribution in [-0.2, 0) is 10.0 Å². The highest BCUT2D eigenvalue weighted by Gasteiger charge is 2.35. The van der Waals surface area contributed by atoms with E-state index in [-0.39, 0.29) is 17.8 Å². The molecule has 0 aliphatic heterocycles. The van der Waals surface area contributed by atoms with Crippen molar-refractivity contribution in [1.29, 1.82) is 0 Å². The Bertz CT molecular complexity index is 841. The zero-order valence-electron chi connectivity index (χ0n) is 15.2. The SMILES string of the molecule is CCCS(=O)(=O)NC1CC(N(C)c2ncnc3c2ccn3N(C)C)C1. The van der Waals surface area contributed by atoms with Gasteiger partial charge in [0.1, 0.15) is 12.1 Å². The fourth-order valence-corrected chi connectivity index (χ4v) is 4.64. The lowest BCUT2D eigenvalue weighted by Gasteiger charge is -2.41. The molecular weight excluding hydrogens is 340 g/mol. The van der Waals surface area contributed by atoms with Crippen LogP contribution in [0.3, 0.4) is 0 Å². The number of aromatic nitrogens is 3. The van der Waals surface area contributed by atoms with Gasteiger partial charge < -0.3 is 9.91 Å². The maximum Gasteiger partial charge on any atom is 0.211 e. The lowest BCUT2D eigenvalue weighted by molar-refractivity contribution is 0.316. The van der Waals surface area contributed by atoms with Gasteiger partial charge in [-0.3, -0.25) is 0 Å². The minimum atomic E-state index is -3.15. The van der Waals surface area contributed by atoms with Crippen molar-refractivity contribution in [2.75, 3.05) is 36.8 Å². The Balaban J connectivity index is 1.71. The van der Waals surface area contributed by atoms with E-state index in [0.29, 0.717) is 6.42 Å². The van der Waals surface area contributed by atoms with E-state index in [1.165, 1.54) is 0 Å². The number of fused-ring (bicyclic) bond motifs is 1.